The van der Waals surface area contributed by atoms with E-state index in [4.69, 9.17) is 5.73 Å². The van der Waals surface area contributed by atoms with Crippen molar-refractivity contribution in [3.63, 3.8) is 0 Å². The predicted octanol–water partition coefficient (Wildman–Crippen LogP) is 2.89. The monoisotopic (exact) mass is 188 g/mol. The number of nitrogens with two attached hydrogens (primary N) is 1. The van der Waals surface area contributed by atoms with E-state index >= 15 is 0 Å². The highest BCUT2D eigenvalue weighted by Gasteiger charge is 2.09. The first-order valence-electron chi connectivity index (χ1n) is 5.05. The Hall–Kier alpha value is -1.28. The lowest BCUT2D eigenvalue weighted by Crippen LogP contribution is -2.07. The van der Waals surface area contributed by atoms with Crippen LogP contribution in [0.2, 0.25) is 0 Å². The number of fused-ring (bicyclic) bond motifs is 1. The van der Waals surface area contributed by atoms with Crippen LogP contribution in [-0.2, 0) is 0 Å². The van der Waals surface area contributed by atoms with Gasteiger partial charge in [0, 0.05) is 23.1 Å². The zero-order valence-corrected chi connectivity index (χ0v) is 8.67. The van der Waals surface area contributed by atoms with Gasteiger partial charge in [0.25, 0.3) is 0 Å². The number of H-pyrrole nitrogens is 1. The van der Waals surface area contributed by atoms with Gasteiger partial charge in [0.1, 0.15) is 0 Å². The lowest BCUT2D eigenvalue weighted by atomic mass is 10.0. The van der Waals surface area contributed by atoms with Crippen LogP contribution in [0.1, 0.15) is 30.5 Å². The van der Waals surface area contributed by atoms with Crippen molar-refractivity contribution in [2.75, 3.05) is 0 Å². The van der Waals surface area contributed by atoms with Gasteiger partial charge in [-0.2, -0.15) is 0 Å². The molecule has 1 aromatic carbocycles. The van der Waals surface area contributed by atoms with Crippen LogP contribution in [0.3, 0.4) is 0 Å². The van der Waals surface area contributed by atoms with Gasteiger partial charge in [-0.1, -0.05) is 18.6 Å². The van der Waals surface area contributed by atoms with E-state index in [1.54, 1.807) is 0 Å². The van der Waals surface area contributed by atoms with Gasteiger partial charge in [0.15, 0.2) is 0 Å². The van der Waals surface area contributed by atoms with Crippen molar-refractivity contribution in [1.29, 1.82) is 0 Å². The first-order valence-corrected chi connectivity index (χ1v) is 5.05. The second kappa shape index (κ2) is 3.46. The predicted molar refractivity (Wildman–Crippen MR) is 60.3 cm³/mol. The highest BCUT2D eigenvalue weighted by molar-refractivity contribution is 5.84. The number of nitrogens with one attached hydrogen (secondary N) is 1. The van der Waals surface area contributed by atoms with Crippen LogP contribution in [0.5, 0.6) is 0 Å². The molecule has 0 saturated carbocycles. The minimum absolute atomic E-state index is 0.144. The van der Waals surface area contributed by atoms with Crippen molar-refractivity contribution < 1.29 is 0 Å². The van der Waals surface area contributed by atoms with Gasteiger partial charge in [0.05, 0.1) is 0 Å². The van der Waals surface area contributed by atoms with E-state index in [0.29, 0.717) is 0 Å². The molecule has 0 spiro atoms. The molecule has 1 aromatic heterocycles. The molecular formula is C12H16N2. The normalized spacial score (nSPS) is 13.4. The summed E-state index contributed by atoms with van der Waals surface area (Å²) in [6.45, 7) is 4.22. The Morgan fingerprint density at radius 1 is 1.43 bits per heavy atom. The van der Waals surface area contributed by atoms with E-state index in [-0.39, 0.29) is 6.04 Å². The third kappa shape index (κ3) is 1.42. The molecule has 2 aromatic rings. The lowest BCUT2D eigenvalue weighted by molar-refractivity contribution is 0.704. The van der Waals surface area contributed by atoms with Crippen LogP contribution in [0, 0.1) is 6.92 Å². The van der Waals surface area contributed by atoms with Gasteiger partial charge < -0.3 is 10.7 Å². The fourth-order valence-electron chi connectivity index (χ4n) is 1.78. The standard InChI is InChI=1S/C12H16N2/c1-3-11(13)10-7-14-12-5-4-8(2)6-9(10)12/h4-7,11,14H,3,13H2,1-2H3/t11-/m1/s1. The third-order valence-corrected chi connectivity index (χ3v) is 2.71. The Morgan fingerprint density at radius 2 is 2.21 bits per heavy atom. The quantitative estimate of drug-likeness (QED) is 0.747. The molecule has 2 rings (SSSR count). The second-order valence-corrected chi connectivity index (χ2v) is 3.81. The van der Waals surface area contributed by atoms with E-state index in [1.165, 1.54) is 22.0 Å². The fourth-order valence-corrected chi connectivity index (χ4v) is 1.78. The number of hydrogen-bond acceptors (Lipinski definition) is 1. The number of benzene rings is 1. The Kier molecular flexibility index (Phi) is 2.30. The number of rotatable bonds is 2. The molecule has 0 bridgehead atoms. The minimum Gasteiger partial charge on any atom is -0.361 e. The molecule has 14 heavy (non-hydrogen) atoms. The average Bonchev–Trinajstić information content (AvgIpc) is 2.59. The van der Waals surface area contributed by atoms with E-state index < -0.39 is 0 Å². The Bertz CT molecular complexity index is 443. The highest BCUT2D eigenvalue weighted by atomic mass is 14.7. The molecule has 0 aliphatic heterocycles. The molecule has 0 radical (unpaired) electrons. The largest absolute Gasteiger partial charge is 0.361 e. The molecule has 0 aliphatic carbocycles. The number of hydrogen-bond donors (Lipinski definition) is 2. The van der Waals surface area contributed by atoms with E-state index in [0.717, 1.165) is 6.42 Å². The van der Waals surface area contributed by atoms with Gasteiger partial charge in [-0.15, -0.1) is 0 Å². The minimum atomic E-state index is 0.144. The van der Waals surface area contributed by atoms with Crippen molar-refractivity contribution in [1.82, 2.24) is 4.98 Å². The average molecular weight is 188 g/mol. The summed E-state index contributed by atoms with van der Waals surface area (Å²) in [4.78, 5) is 3.25. The Morgan fingerprint density at radius 3 is 2.93 bits per heavy atom. The zero-order valence-electron chi connectivity index (χ0n) is 8.67. The van der Waals surface area contributed by atoms with Crippen molar-refractivity contribution in [3.8, 4) is 0 Å². The zero-order chi connectivity index (χ0) is 10.1. The van der Waals surface area contributed by atoms with Crippen LogP contribution >= 0.6 is 0 Å². The van der Waals surface area contributed by atoms with Gasteiger partial charge in [-0.05, 0) is 31.0 Å². The highest BCUT2D eigenvalue weighted by Crippen LogP contribution is 2.25. The molecular weight excluding hydrogens is 172 g/mol. The number of aryl methyl sites for hydroxylation is 1. The van der Waals surface area contributed by atoms with Crippen molar-refractivity contribution in [3.05, 3.63) is 35.5 Å². The molecule has 1 atom stereocenters. The molecule has 2 heteroatoms. The summed E-state index contributed by atoms with van der Waals surface area (Å²) in [7, 11) is 0. The first kappa shape index (κ1) is 9.28. The number of aromatic amines is 1. The summed E-state index contributed by atoms with van der Waals surface area (Å²) >= 11 is 0. The van der Waals surface area contributed by atoms with E-state index in [9.17, 15) is 0 Å². The SMILES string of the molecule is CC[C@@H](N)c1c[nH]c2ccc(C)cc12. The van der Waals surface area contributed by atoms with Gasteiger partial charge in [0.2, 0.25) is 0 Å². The molecule has 0 amide bonds. The summed E-state index contributed by atoms with van der Waals surface area (Å²) in [5.41, 5.74) is 9.72. The van der Waals surface area contributed by atoms with Crippen LogP contribution in [0.4, 0.5) is 0 Å². The van der Waals surface area contributed by atoms with Gasteiger partial charge >= 0.3 is 0 Å². The first-order chi connectivity index (χ1) is 6.72. The second-order valence-electron chi connectivity index (χ2n) is 3.81. The van der Waals surface area contributed by atoms with Crippen LogP contribution in [0.25, 0.3) is 10.9 Å². The number of aromatic nitrogens is 1. The van der Waals surface area contributed by atoms with E-state index in [2.05, 4.69) is 37.0 Å². The molecule has 0 unspecified atom stereocenters. The van der Waals surface area contributed by atoms with Crippen LogP contribution < -0.4 is 5.73 Å². The Labute approximate surface area is 84.1 Å². The lowest BCUT2D eigenvalue weighted by Gasteiger charge is -2.06. The summed E-state index contributed by atoms with van der Waals surface area (Å²) in [5.74, 6) is 0. The van der Waals surface area contributed by atoms with Crippen LogP contribution in [0.15, 0.2) is 24.4 Å². The molecule has 74 valence electrons. The molecule has 0 saturated heterocycles. The van der Waals surface area contributed by atoms with Crippen molar-refractivity contribution in [2.45, 2.75) is 26.3 Å². The van der Waals surface area contributed by atoms with Gasteiger partial charge in [-0.25, -0.2) is 0 Å². The topological polar surface area (TPSA) is 41.8 Å². The maximum atomic E-state index is 6.03. The smallest absolute Gasteiger partial charge is 0.0457 e. The van der Waals surface area contributed by atoms with E-state index in [1.807, 2.05) is 6.20 Å². The maximum Gasteiger partial charge on any atom is 0.0457 e. The molecule has 3 N–H and O–H groups in total. The summed E-state index contributed by atoms with van der Waals surface area (Å²) in [6.07, 6.45) is 3.00. The summed E-state index contributed by atoms with van der Waals surface area (Å²) < 4.78 is 0. The third-order valence-electron chi connectivity index (χ3n) is 2.71. The summed E-state index contributed by atoms with van der Waals surface area (Å²) in [6, 6.07) is 6.55. The van der Waals surface area contributed by atoms with Crippen molar-refractivity contribution in [2.24, 2.45) is 5.73 Å². The molecule has 0 aliphatic rings. The summed E-state index contributed by atoms with van der Waals surface area (Å²) in [5, 5.41) is 1.26. The Balaban J connectivity index is 2.61. The molecule has 2 nitrogen and oxygen atoms in total. The molecule has 1 heterocycles. The van der Waals surface area contributed by atoms with Crippen molar-refractivity contribution >= 4 is 10.9 Å². The fraction of sp³-hybridized carbons (Fsp3) is 0.333. The van der Waals surface area contributed by atoms with Gasteiger partial charge in [-0.3, -0.25) is 0 Å². The maximum absolute atomic E-state index is 6.03. The molecule has 0 fully saturated rings. The van der Waals surface area contributed by atoms with Crippen LogP contribution in [-0.4, -0.2) is 4.98 Å².